The van der Waals surface area contributed by atoms with Crippen molar-refractivity contribution in [3.8, 4) is 23.0 Å². The molecule has 0 amide bonds. The maximum Gasteiger partial charge on any atom is 0.161 e. The standard InChI is InChI=1S/C9H12O2.C8H8O2/c1-3-11-9-7-5-4-6-8(9)10-2;1-2-6-3-4-7(9)8(10)5-6/h4-7H,3H2,1-2H3;2-5,9-10H,1H2. The molecular formula is C17H20O4. The SMILES string of the molecule is C=Cc1ccc(O)c(O)c1.CCOc1ccccc1OC. The Kier molecular flexibility index (Phi) is 6.68. The Balaban J connectivity index is 0.000000211. The minimum atomic E-state index is -0.114. The van der Waals surface area contributed by atoms with E-state index in [4.69, 9.17) is 19.7 Å². The van der Waals surface area contributed by atoms with Crippen LogP contribution in [0.4, 0.5) is 0 Å². The van der Waals surface area contributed by atoms with Gasteiger partial charge in [0.1, 0.15) is 0 Å². The smallest absolute Gasteiger partial charge is 0.161 e. The van der Waals surface area contributed by atoms with Crippen LogP contribution in [0.25, 0.3) is 6.08 Å². The molecule has 0 heterocycles. The van der Waals surface area contributed by atoms with E-state index in [1.54, 1.807) is 19.3 Å². The second kappa shape index (κ2) is 8.53. The first kappa shape index (κ1) is 16.4. The molecule has 4 nitrogen and oxygen atoms in total. The van der Waals surface area contributed by atoms with Gasteiger partial charge in [-0.1, -0.05) is 30.9 Å². The number of methoxy groups -OCH3 is 1. The minimum Gasteiger partial charge on any atom is -0.504 e. The highest BCUT2D eigenvalue weighted by Crippen LogP contribution is 2.25. The van der Waals surface area contributed by atoms with Gasteiger partial charge >= 0.3 is 0 Å². The van der Waals surface area contributed by atoms with Crippen molar-refractivity contribution < 1.29 is 19.7 Å². The lowest BCUT2D eigenvalue weighted by atomic mass is 10.2. The van der Waals surface area contributed by atoms with Gasteiger partial charge in [-0.3, -0.25) is 0 Å². The summed E-state index contributed by atoms with van der Waals surface area (Å²) in [7, 11) is 1.64. The third-order valence-corrected chi connectivity index (χ3v) is 2.60. The van der Waals surface area contributed by atoms with Gasteiger partial charge in [-0.2, -0.15) is 0 Å². The zero-order chi connectivity index (χ0) is 15.7. The van der Waals surface area contributed by atoms with Gasteiger partial charge in [0.25, 0.3) is 0 Å². The van der Waals surface area contributed by atoms with E-state index in [2.05, 4.69) is 6.58 Å². The quantitative estimate of drug-likeness (QED) is 0.839. The zero-order valence-corrected chi connectivity index (χ0v) is 12.2. The van der Waals surface area contributed by atoms with Gasteiger partial charge < -0.3 is 19.7 Å². The van der Waals surface area contributed by atoms with E-state index < -0.39 is 0 Å². The summed E-state index contributed by atoms with van der Waals surface area (Å²) in [6, 6.07) is 12.2. The van der Waals surface area contributed by atoms with Crippen molar-refractivity contribution in [2.24, 2.45) is 0 Å². The molecule has 2 aromatic rings. The molecule has 0 fully saturated rings. The first-order valence-electron chi connectivity index (χ1n) is 6.52. The van der Waals surface area contributed by atoms with Crippen molar-refractivity contribution in [2.45, 2.75) is 6.92 Å². The molecule has 0 bridgehead atoms. The summed E-state index contributed by atoms with van der Waals surface area (Å²) in [6.45, 7) is 6.13. The molecule has 0 aliphatic rings. The zero-order valence-electron chi connectivity index (χ0n) is 12.2. The van der Waals surface area contributed by atoms with Gasteiger partial charge in [0.2, 0.25) is 0 Å². The van der Waals surface area contributed by atoms with Gasteiger partial charge in [0.15, 0.2) is 23.0 Å². The average Bonchev–Trinajstić information content (AvgIpc) is 2.51. The Morgan fingerprint density at radius 2 is 1.71 bits per heavy atom. The summed E-state index contributed by atoms with van der Waals surface area (Å²) < 4.78 is 10.4. The van der Waals surface area contributed by atoms with Crippen LogP contribution < -0.4 is 9.47 Å². The van der Waals surface area contributed by atoms with Crippen LogP contribution in [0.1, 0.15) is 12.5 Å². The predicted molar refractivity (Wildman–Crippen MR) is 84.0 cm³/mol. The van der Waals surface area contributed by atoms with Crippen LogP contribution in [0.5, 0.6) is 23.0 Å². The minimum absolute atomic E-state index is 0.106. The van der Waals surface area contributed by atoms with Crippen molar-refractivity contribution in [1.82, 2.24) is 0 Å². The summed E-state index contributed by atoms with van der Waals surface area (Å²) in [6.07, 6.45) is 1.60. The highest BCUT2D eigenvalue weighted by Gasteiger charge is 1.99. The van der Waals surface area contributed by atoms with Crippen molar-refractivity contribution in [3.63, 3.8) is 0 Å². The van der Waals surface area contributed by atoms with Crippen LogP contribution in [0.2, 0.25) is 0 Å². The molecule has 4 heteroatoms. The van der Waals surface area contributed by atoms with Gasteiger partial charge in [-0.05, 0) is 36.8 Å². The third-order valence-electron chi connectivity index (χ3n) is 2.60. The van der Waals surface area contributed by atoms with Crippen molar-refractivity contribution in [1.29, 1.82) is 0 Å². The molecule has 21 heavy (non-hydrogen) atoms. The summed E-state index contributed by atoms with van der Waals surface area (Å²) >= 11 is 0. The van der Waals surface area contributed by atoms with E-state index in [0.29, 0.717) is 6.61 Å². The molecule has 112 valence electrons. The molecule has 0 aliphatic heterocycles. The van der Waals surface area contributed by atoms with E-state index >= 15 is 0 Å². The highest BCUT2D eigenvalue weighted by molar-refractivity contribution is 5.53. The first-order chi connectivity index (χ1) is 10.1. The third kappa shape index (κ3) is 5.10. The van der Waals surface area contributed by atoms with E-state index in [0.717, 1.165) is 17.1 Å². The van der Waals surface area contributed by atoms with Gasteiger partial charge in [0, 0.05) is 0 Å². The Morgan fingerprint density at radius 3 is 2.24 bits per heavy atom. The number of hydrogen-bond acceptors (Lipinski definition) is 4. The fourth-order valence-electron chi connectivity index (χ4n) is 1.56. The summed E-state index contributed by atoms with van der Waals surface area (Å²) in [5, 5.41) is 17.8. The van der Waals surface area contributed by atoms with Gasteiger partial charge in [0.05, 0.1) is 13.7 Å². The molecule has 0 radical (unpaired) electrons. The first-order valence-corrected chi connectivity index (χ1v) is 6.52. The van der Waals surface area contributed by atoms with Crippen LogP contribution in [0.3, 0.4) is 0 Å². The molecule has 0 unspecified atom stereocenters. The molecule has 2 rings (SSSR count). The number of benzene rings is 2. The Labute approximate surface area is 124 Å². The van der Waals surface area contributed by atoms with Gasteiger partial charge in [-0.25, -0.2) is 0 Å². The fourth-order valence-corrected chi connectivity index (χ4v) is 1.56. The van der Waals surface area contributed by atoms with Crippen molar-refractivity contribution in [3.05, 3.63) is 54.6 Å². The Morgan fingerprint density at radius 1 is 1.05 bits per heavy atom. The van der Waals surface area contributed by atoms with E-state index in [-0.39, 0.29) is 11.5 Å². The monoisotopic (exact) mass is 288 g/mol. The summed E-state index contributed by atoms with van der Waals surface area (Å²) in [5.74, 6) is 1.37. The van der Waals surface area contributed by atoms with E-state index in [1.807, 2.05) is 31.2 Å². The van der Waals surface area contributed by atoms with Crippen LogP contribution in [-0.4, -0.2) is 23.9 Å². The maximum atomic E-state index is 8.93. The second-order valence-electron chi connectivity index (χ2n) is 4.04. The Hall–Kier alpha value is -2.62. The second-order valence-corrected chi connectivity index (χ2v) is 4.04. The molecular weight excluding hydrogens is 268 g/mol. The van der Waals surface area contributed by atoms with Crippen molar-refractivity contribution in [2.75, 3.05) is 13.7 Å². The highest BCUT2D eigenvalue weighted by atomic mass is 16.5. The number of phenols is 2. The van der Waals surface area contributed by atoms with Crippen molar-refractivity contribution >= 4 is 6.08 Å². The molecule has 0 aliphatic carbocycles. The van der Waals surface area contributed by atoms with Crippen LogP contribution in [0, 0.1) is 0 Å². The van der Waals surface area contributed by atoms with Crippen LogP contribution in [0.15, 0.2) is 49.0 Å². The topological polar surface area (TPSA) is 58.9 Å². The summed E-state index contributed by atoms with van der Waals surface area (Å²) in [5.41, 5.74) is 0.787. The average molecular weight is 288 g/mol. The van der Waals surface area contributed by atoms with E-state index in [9.17, 15) is 0 Å². The number of aromatic hydroxyl groups is 2. The molecule has 0 saturated heterocycles. The normalized spacial score (nSPS) is 9.24. The maximum absolute atomic E-state index is 8.93. The number of ether oxygens (including phenoxy) is 2. The number of rotatable bonds is 4. The van der Waals surface area contributed by atoms with Gasteiger partial charge in [-0.15, -0.1) is 0 Å². The lowest BCUT2D eigenvalue weighted by Gasteiger charge is -2.07. The molecule has 2 aromatic carbocycles. The lowest BCUT2D eigenvalue weighted by molar-refractivity contribution is 0.311. The molecule has 0 aromatic heterocycles. The summed E-state index contributed by atoms with van der Waals surface area (Å²) in [4.78, 5) is 0. The molecule has 0 saturated carbocycles. The fraction of sp³-hybridized carbons (Fsp3) is 0.176. The molecule has 0 atom stereocenters. The largest absolute Gasteiger partial charge is 0.504 e. The molecule has 2 N–H and O–H groups in total. The predicted octanol–water partition coefficient (Wildman–Crippen LogP) is 3.83. The molecule has 0 spiro atoms. The number of phenolic OH excluding ortho intramolecular Hbond substituents is 2. The number of para-hydroxylation sites is 2. The Bertz CT molecular complexity index is 579. The van der Waals surface area contributed by atoms with E-state index in [1.165, 1.54) is 12.1 Å². The van der Waals surface area contributed by atoms with Crippen LogP contribution >= 0.6 is 0 Å². The lowest BCUT2D eigenvalue weighted by Crippen LogP contribution is -1.94. The number of hydrogen-bond donors (Lipinski definition) is 2. The van der Waals surface area contributed by atoms with Crippen LogP contribution in [-0.2, 0) is 0 Å².